The number of aromatic nitrogens is 1. The molecule has 0 aliphatic rings. The lowest BCUT2D eigenvalue weighted by Gasteiger charge is -2.03. The van der Waals surface area contributed by atoms with Crippen LogP contribution in [-0.4, -0.2) is 13.1 Å². The van der Waals surface area contributed by atoms with Gasteiger partial charge >= 0.3 is 0 Å². The molecule has 98 valence electrons. The molecule has 0 atom stereocenters. The van der Waals surface area contributed by atoms with Crippen molar-refractivity contribution in [1.82, 2.24) is 4.98 Å². The van der Waals surface area contributed by atoms with Gasteiger partial charge < -0.3 is 0 Å². The molecule has 0 spiro atoms. The van der Waals surface area contributed by atoms with Crippen LogP contribution < -0.4 is 0 Å². The van der Waals surface area contributed by atoms with Crippen molar-refractivity contribution in [3.63, 3.8) is 0 Å². The van der Waals surface area contributed by atoms with Crippen molar-refractivity contribution in [2.75, 3.05) is 0 Å². The molecule has 0 bridgehead atoms. The van der Waals surface area contributed by atoms with Gasteiger partial charge in [0.1, 0.15) is 13.8 Å². The second-order valence-electron chi connectivity index (χ2n) is 5.86. The molecule has 0 fully saturated rings. The standard InChI is InChI=1S/C16H25NSi/c1-5-6-7-8-9-15-10-11-16(17-14-15)12-13-18(2,3)4/h10-11,14H,5-9H2,1-4H3. The number of nitrogens with zero attached hydrogens (tertiary/aromatic N) is 1. The Bertz CT molecular complexity index is 403. The summed E-state index contributed by atoms with van der Waals surface area (Å²) in [4.78, 5) is 4.43. The van der Waals surface area contributed by atoms with E-state index in [0.29, 0.717) is 0 Å². The number of unbranched alkanes of at least 4 members (excludes halogenated alkanes) is 3. The fraction of sp³-hybridized carbons (Fsp3) is 0.562. The molecule has 0 aliphatic heterocycles. The van der Waals surface area contributed by atoms with Gasteiger partial charge in [0.05, 0.1) is 0 Å². The molecule has 0 aromatic carbocycles. The Morgan fingerprint density at radius 2 is 1.89 bits per heavy atom. The van der Waals surface area contributed by atoms with E-state index in [4.69, 9.17) is 0 Å². The summed E-state index contributed by atoms with van der Waals surface area (Å²) in [6.07, 6.45) is 8.37. The zero-order chi connectivity index (χ0) is 13.4. The van der Waals surface area contributed by atoms with Crippen LogP contribution in [0.4, 0.5) is 0 Å². The molecular formula is C16H25NSi. The van der Waals surface area contributed by atoms with Crippen molar-refractivity contribution >= 4 is 8.07 Å². The van der Waals surface area contributed by atoms with Gasteiger partial charge in [-0.3, -0.25) is 0 Å². The summed E-state index contributed by atoms with van der Waals surface area (Å²) in [6.45, 7) is 9.00. The third kappa shape index (κ3) is 6.61. The highest BCUT2D eigenvalue weighted by molar-refractivity contribution is 6.83. The molecular weight excluding hydrogens is 234 g/mol. The van der Waals surface area contributed by atoms with Crippen molar-refractivity contribution < 1.29 is 0 Å². The summed E-state index contributed by atoms with van der Waals surface area (Å²) >= 11 is 0. The van der Waals surface area contributed by atoms with E-state index in [1.807, 2.05) is 6.20 Å². The maximum Gasteiger partial charge on any atom is 0.129 e. The minimum atomic E-state index is -1.28. The van der Waals surface area contributed by atoms with Crippen LogP contribution in [0.2, 0.25) is 19.6 Å². The van der Waals surface area contributed by atoms with Crippen molar-refractivity contribution in [1.29, 1.82) is 0 Å². The quantitative estimate of drug-likeness (QED) is 0.433. The third-order valence-electron chi connectivity index (χ3n) is 2.71. The van der Waals surface area contributed by atoms with Gasteiger partial charge in [-0.1, -0.05) is 57.8 Å². The van der Waals surface area contributed by atoms with Gasteiger partial charge in [0.15, 0.2) is 0 Å². The first-order valence-corrected chi connectivity index (χ1v) is 10.5. The summed E-state index contributed by atoms with van der Waals surface area (Å²) in [5, 5.41) is 0. The molecule has 0 amide bonds. The lowest BCUT2D eigenvalue weighted by atomic mass is 10.1. The molecule has 1 nitrogen and oxygen atoms in total. The van der Waals surface area contributed by atoms with Crippen LogP contribution in [0.1, 0.15) is 43.9 Å². The van der Waals surface area contributed by atoms with Crippen LogP contribution in [-0.2, 0) is 6.42 Å². The van der Waals surface area contributed by atoms with Crippen LogP contribution in [0.3, 0.4) is 0 Å². The Hall–Kier alpha value is -1.07. The highest BCUT2D eigenvalue weighted by Gasteiger charge is 2.07. The second kappa shape index (κ2) is 7.38. The summed E-state index contributed by atoms with van der Waals surface area (Å²) < 4.78 is 0. The first kappa shape index (κ1) is 15.0. The smallest absolute Gasteiger partial charge is 0.129 e. The highest BCUT2D eigenvalue weighted by Crippen LogP contribution is 2.07. The number of aryl methyl sites for hydroxylation is 1. The van der Waals surface area contributed by atoms with Crippen molar-refractivity contribution in [3.8, 4) is 11.5 Å². The largest absolute Gasteiger partial charge is 0.248 e. The fourth-order valence-corrected chi connectivity index (χ4v) is 2.16. The first-order valence-electron chi connectivity index (χ1n) is 6.99. The third-order valence-corrected chi connectivity index (χ3v) is 3.58. The Morgan fingerprint density at radius 1 is 1.11 bits per heavy atom. The van der Waals surface area contributed by atoms with Gasteiger partial charge in [-0.25, -0.2) is 4.98 Å². The van der Waals surface area contributed by atoms with Gasteiger partial charge in [-0.15, -0.1) is 5.54 Å². The minimum Gasteiger partial charge on any atom is -0.248 e. The minimum absolute atomic E-state index is 0.912. The molecule has 2 heteroatoms. The van der Waals surface area contributed by atoms with E-state index < -0.39 is 8.07 Å². The average molecular weight is 259 g/mol. The maximum atomic E-state index is 4.43. The van der Waals surface area contributed by atoms with E-state index in [2.05, 4.69) is 55.1 Å². The summed E-state index contributed by atoms with van der Waals surface area (Å²) in [5.41, 5.74) is 5.59. The van der Waals surface area contributed by atoms with E-state index in [-0.39, 0.29) is 0 Å². The van der Waals surface area contributed by atoms with Crippen LogP contribution in [0, 0.1) is 11.5 Å². The Morgan fingerprint density at radius 3 is 2.44 bits per heavy atom. The van der Waals surface area contributed by atoms with E-state index in [0.717, 1.165) is 12.1 Å². The fourth-order valence-electron chi connectivity index (χ4n) is 1.65. The van der Waals surface area contributed by atoms with Gasteiger partial charge in [-0.05, 0) is 24.5 Å². The molecule has 0 saturated carbocycles. The van der Waals surface area contributed by atoms with Crippen molar-refractivity contribution in [2.45, 2.75) is 58.7 Å². The Labute approximate surface area is 113 Å². The van der Waals surface area contributed by atoms with Crippen LogP contribution in [0.15, 0.2) is 18.3 Å². The number of hydrogen-bond donors (Lipinski definition) is 0. The monoisotopic (exact) mass is 259 g/mol. The Balaban J connectivity index is 2.49. The molecule has 1 heterocycles. The second-order valence-corrected chi connectivity index (χ2v) is 10.6. The van der Waals surface area contributed by atoms with Crippen LogP contribution >= 0.6 is 0 Å². The van der Waals surface area contributed by atoms with E-state index in [1.54, 1.807) is 0 Å². The van der Waals surface area contributed by atoms with Crippen LogP contribution in [0.5, 0.6) is 0 Å². The molecule has 0 saturated heterocycles. The zero-order valence-corrected chi connectivity index (χ0v) is 13.2. The lowest BCUT2D eigenvalue weighted by Crippen LogP contribution is -2.16. The topological polar surface area (TPSA) is 12.9 Å². The zero-order valence-electron chi connectivity index (χ0n) is 12.2. The maximum absolute atomic E-state index is 4.43. The Kier molecular flexibility index (Phi) is 6.15. The van der Waals surface area contributed by atoms with Crippen LogP contribution in [0.25, 0.3) is 0 Å². The summed E-state index contributed by atoms with van der Waals surface area (Å²) in [7, 11) is -1.28. The number of rotatable bonds is 5. The van der Waals surface area contributed by atoms with E-state index in [1.165, 1.54) is 31.2 Å². The molecule has 1 aromatic rings. The molecule has 18 heavy (non-hydrogen) atoms. The first-order chi connectivity index (χ1) is 8.51. The predicted octanol–water partition coefficient (Wildman–Crippen LogP) is 4.43. The van der Waals surface area contributed by atoms with Crippen molar-refractivity contribution in [3.05, 3.63) is 29.6 Å². The predicted molar refractivity (Wildman–Crippen MR) is 82.3 cm³/mol. The molecule has 0 aliphatic carbocycles. The van der Waals surface area contributed by atoms with E-state index in [9.17, 15) is 0 Å². The molecule has 1 rings (SSSR count). The molecule has 0 unspecified atom stereocenters. The molecule has 0 radical (unpaired) electrons. The SMILES string of the molecule is CCCCCCc1ccc(C#C[Si](C)(C)C)nc1. The van der Waals surface area contributed by atoms with Gasteiger partial charge in [0, 0.05) is 6.20 Å². The number of hydrogen-bond acceptors (Lipinski definition) is 1. The average Bonchev–Trinajstić information content (AvgIpc) is 2.33. The van der Waals surface area contributed by atoms with Crippen molar-refractivity contribution in [2.24, 2.45) is 0 Å². The van der Waals surface area contributed by atoms with Gasteiger partial charge in [0.25, 0.3) is 0 Å². The summed E-state index contributed by atoms with van der Waals surface area (Å²) in [5.74, 6) is 3.19. The molecule has 1 aromatic heterocycles. The van der Waals surface area contributed by atoms with Gasteiger partial charge in [-0.2, -0.15) is 0 Å². The molecule has 0 N–H and O–H groups in total. The van der Waals surface area contributed by atoms with E-state index >= 15 is 0 Å². The number of pyridine rings is 1. The van der Waals surface area contributed by atoms with Gasteiger partial charge in [0.2, 0.25) is 0 Å². The lowest BCUT2D eigenvalue weighted by molar-refractivity contribution is 0.666. The summed E-state index contributed by atoms with van der Waals surface area (Å²) in [6, 6.07) is 4.23. The highest BCUT2D eigenvalue weighted by atomic mass is 28.3. The normalized spacial score (nSPS) is 10.9.